The SMILES string of the molecule is CCOc1ccc(S(=O)(=O)N/N=C(/C)c2ccc(OC)cc2OC)cc1. The van der Waals surface area contributed by atoms with Crippen LogP contribution in [0.15, 0.2) is 52.5 Å². The summed E-state index contributed by atoms with van der Waals surface area (Å²) in [6, 6.07) is 11.3. The number of hydrogen-bond acceptors (Lipinski definition) is 6. The lowest BCUT2D eigenvalue weighted by molar-refractivity contribution is 0.340. The van der Waals surface area contributed by atoms with E-state index >= 15 is 0 Å². The Labute approximate surface area is 153 Å². The largest absolute Gasteiger partial charge is 0.497 e. The zero-order valence-electron chi connectivity index (χ0n) is 15.1. The molecule has 26 heavy (non-hydrogen) atoms. The summed E-state index contributed by atoms with van der Waals surface area (Å²) < 4.78 is 40.5. The molecule has 7 nitrogen and oxygen atoms in total. The molecule has 0 aliphatic rings. The first-order valence-corrected chi connectivity index (χ1v) is 9.41. The van der Waals surface area contributed by atoms with Gasteiger partial charge < -0.3 is 14.2 Å². The maximum absolute atomic E-state index is 12.4. The molecular formula is C18H22N2O5S. The first kappa shape index (κ1) is 19.6. The smallest absolute Gasteiger partial charge is 0.276 e. The third-order valence-electron chi connectivity index (χ3n) is 3.58. The molecule has 2 aromatic rings. The van der Waals surface area contributed by atoms with E-state index in [1.165, 1.54) is 19.2 Å². The zero-order chi connectivity index (χ0) is 19.2. The lowest BCUT2D eigenvalue weighted by Gasteiger charge is -2.11. The summed E-state index contributed by atoms with van der Waals surface area (Å²) in [6.45, 7) is 4.06. The van der Waals surface area contributed by atoms with Gasteiger partial charge >= 0.3 is 0 Å². The summed E-state index contributed by atoms with van der Waals surface area (Å²) in [5, 5.41) is 3.99. The van der Waals surface area contributed by atoms with Gasteiger partial charge in [0.25, 0.3) is 10.0 Å². The number of rotatable bonds is 8. The predicted molar refractivity (Wildman–Crippen MR) is 99.7 cm³/mol. The Hall–Kier alpha value is -2.74. The second kappa shape index (κ2) is 8.57. The molecule has 0 aromatic heterocycles. The summed E-state index contributed by atoms with van der Waals surface area (Å²) >= 11 is 0. The summed E-state index contributed by atoms with van der Waals surface area (Å²) in [6.07, 6.45) is 0. The molecule has 0 radical (unpaired) electrons. The molecule has 0 bridgehead atoms. The number of sulfonamides is 1. The number of benzene rings is 2. The Morgan fingerprint density at radius 2 is 1.69 bits per heavy atom. The fourth-order valence-corrected chi connectivity index (χ4v) is 3.08. The van der Waals surface area contributed by atoms with Crippen molar-refractivity contribution in [2.24, 2.45) is 5.10 Å². The second-order valence-electron chi connectivity index (χ2n) is 5.26. The molecule has 2 rings (SSSR count). The number of nitrogens with zero attached hydrogens (tertiary/aromatic N) is 1. The molecule has 140 valence electrons. The van der Waals surface area contributed by atoms with E-state index in [1.807, 2.05) is 6.92 Å². The van der Waals surface area contributed by atoms with Gasteiger partial charge in [-0.2, -0.15) is 18.4 Å². The highest BCUT2D eigenvalue weighted by Gasteiger charge is 2.14. The van der Waals surface area contributed by atoms with Crippen LogP contribution in [-0.2, 0) is 10.0 Å². The molecule has 0 aliphatic carbocycles. The Morgan fingerprint density at radius 1 is 1.04 bits per heavy atom. The van der Waals surface area contributed by atoms with Crippen LogP contribution in [0.25, 0.3) is 0 Å². The molecule has 0 heterocycles. The van der Waals surface area contributed by atoms with Crippen LogP contribution in [0.4, 0.5) is 0 Å². The average Bonchev–Trinajstić information content (AvgIpc) is 2.66. The van der Waals surface area contributed by atoms with Crippen molar-refractivity contribution < 1.29 is 22.6 Å². The minimum Gasteiger partial charge on any atom is -0.497 e. The molecule has 0 unspecified atom stereocenters. The number of hydrazone groups is 1. The van der Waals surface area contributed by atoms with E-state index in [4.69, 9.17) is 14.2 Å². The minimum absolute atomic E-state index is 0.0965. The molecular weight excluding hydrogens is 356 g/mol. The van der Waals surface area contributed by atoms with E-state index in [0.717, 1.165) is 0 Å². The van der Waals surface area contributed by atoms with Crippen LogP contribution in [0.2, 0.25) is 0 Å². The van der Waals surface area contributed by atoms with Crippen molar-refractivity contribution in [1.82, 2.24) is 4.83 Å². The molecule has 0 atom stereocenters. The van der Waals surface area contributed by atoms with Crippen LogP contribution in [0, 0.1) is 0 Å². The molecule has 0 aliphatic heterocycles. The highest BCUT2D eigenvalue weighted by molar-refractivity contribution is 7.89. The van der Waals surface area contributed by atoms with Gasteiger partial charge in [-0.1, -0.05) is 0 Å². The van der Waals surface area contributed by atoms with Crippen LogP contribution in [0.3, 0.4) is 0 Å². The van der Waals surface area contributed by atoms with E-state index in [1.54, 1.807) is 44.4 Å². The number of nitrogens with one attached hydrogen (secondary N) is 1. The van der Waals surface area contributed by atoms with Crippen molar-refractivity contribution in [1.29, 1.82) is 0 Å². The van der Waals surface area contributed by atoms with Gasteiger partial charge in [-0.25, -0.2) is 0 Å². The van der Waals surface area contributed by atoms with Crippen molar-refractivity contribution in [3.63, 3.8) is 0 Å². The van der Waals surface area contributed by atoms with Crippen molar-refractivity contribution in [3.8, 4) is 17.2 Å². The van der Waals surface area contributed by atoms with Crippen LogP contribution < -0.4 is 19.0 Å². The standard InChI is InChI=1S/C18H22N2O5S/c1-5-25-14-6-9-16(10-7-14)26(21,22)20-19-13(2)17-11-8-15(23-3)12-18(17)24-4/h6-12,20H,5H2,1-4H3/b19-13-. The molecule has 0 saturated carbocycles. The maximum Gasteiger partial charge on any atom is 0.276 e. The lowest BCUT2D eigenvalue weighted by atomic mass is 10.1. The van der Waals surface area contributed by atoms with Crippen LogP contribution in [0.5, 0.6) is 17.2 Å². The highest BCUT2D eigenvalue weighted by Crippen LogP contribution is 2.25. The Kier molecular flexibility index (Phi) is 6.46. The quantitative estimate of drug-likeness (QED) is 0.564. The van der Waals surface area contributed by atoms with Gasteiger partial charge in [0.1, 0.15) is 17.2 Å². The fraction of sp³-hybridized carbons (Fsp3) is 0.278. The highest BCUT2D eigenvalue weighted by atomic mass is 32.2. The third kappa shape index (κ3) is 4.66. The minimum atomic E-state index is -3.79. The van der Waals surface area contributed by atoms with Gasteiger partial charge in [0, 0.05) is 11.6 Å². The van der Waals surface area contributed by atoms with Gasteiger partial charge in [-0.3, -0.25) is 0 Å². The molecule has 0 fully saturated rings. The molecule has 0 spiro atoms. The van der Waals surface area contributed by atoms with Crippen LogP contribution in [-0.4, -0.2) is 35.0 Å². The van der Waals surface area contributed by atoms with Gasteiger partial charge in [0.05, 0.1) is 31.4 Å². The maximum atomic E-state index is 12.4. The van der Waals surface area contributed by atoms with E-state index in [-0.39, 0.29) is 4.90 Å². The number of hydrogen-bond donors (Lipinski definition) is 1. The van der Waals surface area contributed by atoms with Crippen molar-refractivity contribution in [3.05, 3.63) is 48.0 Å². The number of methoxy groups -OCH3 is 2. The van der Waals surface area contributed by atoms with Gasteiger partial charge in [-0.05, 0) is 50.2 Å². The Balaban J connectivity index is 2.21. The van der Waals surface area contributed by atoms with E-state index in [9.17, 15) is 8.42 Å². The molecule has 0 saturated heterocycles. The Morgan fingerprint density at radius 3 is 2.27 bits per heavy atom. The van der Waals surface area contributed by atoms with E-state index < -0.39 is 10.0 Å². The molecule has 1 N–H and O–H groups in total. The monoisotopic (exact) mass is 378 g/mol. The van der Waals surface area contributed by atoms with Gasteiger partial charge in [-0.15, -0.1) is 0 Å². The summed E-state index contributed by atoms with van der Waals surface area (Å²) in [5.41, 5.74) is 1.11. The molecule has 0 amide bonds. The van der Waals surface area contributed by atoms with E-state index in [2.05, 4.69) is 9.93 Å². The topological polar surface area (TPSA) is 86.2 Å². The first-order chi connectivity index (χ1) is 12.4. The van der Waals surface area contributed by atoms with Gasteiger partial charge in [0.2, 0.25) is 0 Å². The van der Waals surface area contributed by atoms with Gasteiger partial charge in [0.15, 0.2) is 0 Å². The van der Waals surface area contributed by atoms with E-state index in [0.29, 0.717) is 35.1 Å². The number of ether oxygens (including phenoxy) is 3. The van der Waals surface area contributed by atoms with Crippen molar-refractivity contribution >= 4 is 15.7 Å². The molecule has 2 aromatic carbocycles. The fourth-order valence-electron chi connectivity index (χ4n) is 2.22. The van der Waals surface area contributed by atoms with Crippen LogP contribution >= 0.6 is 0 Å². The normalized spacial score (nSPS) is 11.8. The van der Waals surface area contributed by atoms with Crippen molar-refractivity contribution in [2.45, 2.75) is 18.7 Å². The first-order valence-electron chi connectivity index (χ1n) is 7.92. The second-order valence-corrected chi connectivity index (χ2v) is 6.92. The molecule has 8 heteroatoms. The average molecular weight is 378 g/mol. The zero-order valence-corrected chi connectivity index (χ0v) is 16.0. The summed E-state index contributed by atoms with van der Waals surface area (Å²) in [7, 11) is -0.707. The lowest BCUT2D eigenvalue weighted by Crippen LogP contribution is -2.20. The Bertz CT molecular complexity index is 877. The van der Waals surface area contributed by atoms with Crippen molar-refractivity contribution in [2.75, 3.05) is 20.8 Å². The van der Waals surface area contributed by atoms with Crippen LogP contribution in [0.1, 0.15) is 19.4 Å². The third-order valence-corrected chi connectivity index (χ3v) is 4.80. The summed E-state index contributed by atoms with van der Waals surface area (Å²) in [5.74, 6) is 1.77. The predicted octanol–water partition coefficient (Wildman–Crippen LogP) is 2.81. The summed E-state index contributed by atoms with van der Waals surface area (Å²) in [4.78, 5) is 2.33.